The van der Waals surface area contributed by atoms with Crippen LogP contribution in [0.3, 0.4) is 0 Å². The molecule has 0 amide bonds. The number of methoxy groups -OCH3 is 1. The number of nitrogens with zero attached hydrogens (tertiary/aromatic N) is 2. The van der Waals surface area contributed by atoms with Crippen molar-refractivity contribution >= 4 is 28.2 Å². The third kappa shape index (κ3) is 5.22. The normalized spacial score (nSPS) is 11.6. The molecule has 0 saturated heterocycles. The fourth-order valence-corrected chi connectivity index (χ4v) is 3.93. The maximum atomic E-state index is 13.0. The van der Waals surface area contributed by atoms with Gasteiger partial charge in [-0.2, -0.15) is 5.10 Å². The molecule has 8 nitrogen and oxygen atoms in total. The molecule has 4 rings (SSSR count). The maximum absolute atomic E-state index is 13.0. The molecule has 0 bridgehead atoms. The highest BCUT2D eigenvalue weighted by atomic mass is 16.5. The number of aromatic nitrogens is 3. The van der Waals surface area contributed by atoms with E-state index >= 15 is 0 Å². The number of fused-ring (bicyclic) bond motifs is 3. The number of aromatic amines is 2. The van der Waals surface area contributed by atoms with Crippen LogP contribution in [0, 0.1) is 0 Å². The van der Waals surface area contributed by atoms with Crippen molar-refractivity contribution in [3.8, 4) is 11.5 Å². The lowest BCUT2D eigenvalue weighted by Gasteiger charge is -2.06. The maximum Gasteiger partial charge on any atom is 0.350 e. The Labute approximate surface area is 197 Å². The Morgan fingerprint density at radius 2 is 1.76 bits per heavy atom. The van der Waals surface area contributed by atoms with Gasteiger partial charge in [-0.3, -0.25) is 4.79 Å². The summed E-state index contributed by atoms with van der Waals surface area (Å²) in [5.41, 5.74) is 1.01. The summed E-state index contributed by atoms with van der Waals surface area (Å²) >= 11 is 0. The van der Waals surface area contributed by atoms with Gasteiger partial charge in [0, 0.05) is 10.9 Å². The molecule has 0 spiro atoms. The quantitative estimate of drug-likeness (QED) is 0.247. The van der Waals surface area contributed by atoms with Crippen LogP contribution in [0.1, 0.15) is 51.0 Å². The zero-order valence-corrected chi connectivity index (χ0v) is 19.6. The second-order valence-corrected chi connectivity index (χ2v) is 8.27. The molecule has 2 heterocycles. The first-order valence-corrected chi connectivity index (χ1v) is 11.7. The van der Waals surface area contributed by atoms with E-state index in [1.54, 1.807) is 25.3 Å². The lowest BCUT2D eigenvalue weighted by Crippen LogP contribution is -2.32. The minimum Gasteiger partial charge on any atom is -0.497 e. The molecule has 178 valence electrons. The largest absolute Gasteiger partial charge is 0.497 e. The van der Waals surface area contributed by atoms with Crippen LogP contribution in [0.15, 0.2) is 57.2 Å². The Balaban J connectivity index is 1.50. The molecule has 0 unspecified atom stereocenters. The van der Waals surface area contributed by atoms with E-state index in [4.69, 9.17) is 9.47 Å². The molecule has 0 radical (unpaired) electrons. The van der Waals surface area contributed by atoms with Gasteiger partial charge in [-0.1, -0.05) is 51.2 Å². The molecule has 0 saturated carbocycles. The summed E-state index contributed by atoms with van der Waals surface area (Å²) in [5.74, 6) is 1.37. The average molecular weight is 463 g/mol. The van der Waals surface area contributed by atoms with E-state index in [2.05, 4.69) is 22.0 Å². The lowest BCUT2D eigenvalue weighted by atomic mass is 10.1. The van der Waals surface area contributed by atoms with Crippen molar-refractivity contribution < 1.29 is 9.47 Å². The van der Waals surface area contributed by atoms with E-state index < -0.39 is 11.2 Å². The Bertz CT molecular complexity index is 1410. The molecule has 4 aromatic rings. The number of hydrogen-bond acceptors (Lipinski definition) is 5. The van der Waals surface area contributed by atoms with Gasteiger partial charge in [0.1, 0.15) is 17.0 Å². The molecule has 2 aromatic heterocycles. The Morgan fingerprint density at radius 3 is 2.59 bits per heavy atom. The van der Waals surface area contributed by atoms with Crippen LogP contribution < -0.4 is 20.7 Å². The molecule has 0 atom stereocenters. The zero-order chi connectivity index (χ0) is 23.9. The van der Waals surface area contributed by atoms with E-state index in [1.165, 1.54) is 31.9 Å². The molecule has 2 aromatic carbocycles. The molecule has 0 aliphatic heterocycles. The summed E-state index contributed by atoms with van der Waals surface area (Å²) in [6.45, 7) is 2.87. The number of benzene rings is 2. The van der Waals surface area contributed by atoms with E-state index in [-0.39, 0.29) is 5.52 Å². The first kappa shape index (κ1) is 23.4. The highest BCUT2D eigenvalue weighted by Gasteiger charge is 2.13. The summed E-state index contributed by atoms with van der Waals surface area (Å²) < 4.78 is 11.9. The fourth-order valence-electron chi connectivity index (χ4n) is 3.93. The van der Waals surface area contributed by atoms with Crippen LogP contribution >= 0.6 is 0 Å². The SMILES string of the molecule is CCCCCCCCOc1cccc(/C=N\n2c(=O)[nH]c3c([nH]c4ccc(OC)cc43)c2=O)c1. The Morgan fingerprint density at radius 1 is 0.941 bits per heavy atom. The number of nitrogens with one attached hydrogen (secondary N) is 2. The van der Waals surface area contributed by atoms with Crippen LogP contribution in [-0.4, -0.2) is 34.6 Å². The van der Waals surface area contributed by atoms with Gasteiger partial charge in [-0.25, -0.2) is 4.79 Å². The van der Waals surface area contributed by atoms with E-state index in [1.807, 2.05) is 24.3 Å². The van der Waals surface area contributed by atoms with Crippen molar-refractivity contribution in [2.45, 2.75) is 45.4 Å². The van der Waals surface area contributed by atoms with Crippen molar-refractivity contribution in [1.82, 2.24) is 14.6 Å². The predicted molar refractivity (Wildman–Crippen MR) is 136 cm³/mol. The number of H-pyrrole nitrogens is 2. The molecule has 8 heteroatoms. The van der Waals surface area contributed by atoms with Crippen LogP contribution in [0.4, 0.5) is 0 Å². The van der Waals surface area contributed by atoms with Gasteiger partial charge in [0.25, 0.3) is 0 Å². The minimum atomic E-state index is -0.618. The van der Waals surface area contributed by atoms with E-state index in [0.29, 0.717) is 23.3 Å². The van der Waals surface area contributed by atoms with Gasteiger partial charge in [0.15, 0.2) is 0 Å². The molecule has 2 N–H and O–H groups in total. The minimum absolute atomic E-state index is 0.274. The number of unbranched alkanes of at least 4 members (excludes halogenated alkanes) is 5. The van der Waals surface area contributed by atoms with E-state index in [9.17, 15) is 9.59 Å². The Kier molecular flexibility index (Phi) is 7.47. The summed E-state index contributed by atoms with van der Waals surface area (Å²) in [6, 6.07) is 12.8. The second kappa shape index (κ2) is 10.9. The highest BCUT2D eigenvalue weighted by molar-refractivity contribution is 6.04. The number of hydrogen-bond donors (Lipinski definition) is 2. The third-order valence-electron chi connectivity index (χ3n) is 5.78. The standard InChI is InChI=1S/C26H30N4O4/c1-3-4-5-6-7-8-14-34-20-11-9-10-18(15-20)17-27-30-25(31)24-23(29-26(30)32)21-16-19(33-2)12-13-22(21)28-24/h9-13,15-17,28H,3-8,14H2,1-2H3,(H,29,32)/b27-17-. The van der Waals surface area contributed by atoms with Crippen molar-refractivity contribution in [1.29, 1.82) is 0 Å². The fraction of sp³-hybridized carbons (Fsp3) is 0.346. The summed E-state index contributed by atoms with van der Waals surface area (Å²) in [6.07, 6.45) is 8.70. The topological polar surface area (TPSA) is 101 Å². The molecule has 34 heavy (non-hydrogen) atoms. The monoisotopic (exact) mass is 462 g/mol. The number of ether oxygens (including phenoxy) is 2. The summed E-state index contributed by atoms with van der Waals surface area (Å²) in [5, 5.41) is 4.85. The predicted octanol–water partition coefficient (Wildman–Crippen LogP) is 4.80. The lowest BCUT2D eigenvalue weighted by molar-refractivity contribution is 0.304. The second-order valence-electron chi connectivity index (χ2n) is 8.27. The number of rotatable bonds is 11. The van der Waals surface area contributed by atoms with Crippen molar-refractivity contribution in [2.75, 3.05) is 13.7 Å². The Hall–Kier alpha value is -3.81. The first-order chi connectivity index (χ1) is 16.6. The van der Waals surface area contributed by atoms with Crippen molar-refractivity contribution in [3.05, 3.63) is 68.9 Å². The van der Waals surface area contributed by atoms with Crippen LogP contribution in [0.5, 0.6) is 11.5 Å². The van der Waals surface area contributed by atoms with Gasteiger partial charge in [-0.05, 0) is 42.3 Å². The average Bonchev–Trinajstić information content (AvgIpc) is 3.21. The highest BCUT2D eigenvalue weighted by Crippen LogP contribution is 2.25. The van der Waals surface area contributed by atoms with Crippen LogP contribution in [0.2, 0.25) is 0 Å². The van der Waals surface area contributed by atoms with E-state index in [0.717, 1.165) is 34.3 Å². The van der Waals surface area contributed by atoms with Crippen molar-refractivity contribution in [3.63, 3.8) is 0 Å². The third-order valence-corrected chi connectivity index (χ3v) is 5.78. The van der Waals surface area contributed by atoms with Crippen LogP contribution in [-0.2, 0) is 0 Å². The molecule has 0 aliphatic rings. The summed E-state index contributed by atoms with van der Waals surface area (Å²) in [7, 11) is 1.56. The van der Waals surface area contributed by atoms with Gasteiger partial charge in [-0.15, -0.1) is 4.68 Å². The summed E-state index contributed by atoms with van der Waals surface area (Å²) in [4.78, 5) is 31.4. The van der Waals surface area contributed by atoms with Gasteiger partial charge >= 0.3 is 11.2 Å². The van der Waals surface area contributed by atoms with Crippen molar-refractivity contribution in [2.24, 2.45) is 5.10 Å². The van der Waals surface area contributed by atoms with Gasteiger partial charge < -0.3 is 19.4 Å². The zero-order valence-electron chi connectivity index (χ0n) is 19.6. The molecular weight excluding hydrogens is 432 g/mol. The molecule has 0 fully saturated rings. The van der Waals surface area contributed by atoms with Crippen LogP contribution in [0.25, 0.3) is 21.9 Å². The smallest absolute Gasteiger partial charge is 0.350 e. The van der Waals surface area contributed by atoms with Gasteiger partial charge in [0.2, 0.25) is 0 Å². The van der Waals surface area contributed by atoms with Gasteiger partial charge in [0.05, 0.1) is 25.4 Å². The first-order valence-electron chi connectivity index (χ1n) is 11.7. The molecule has 0 aliphatic carbocycles. The molecular formula is C26H30N4O4.